The van der Waals surface area contributed by atoms with Crippen LogP contribution < -0.4 is 0 Å². The highest BCUT2D eigenvalue weighted by molar-refractivity contribution is 5.81. The molecule has 0 atom stereocenters. The lowest BCUT2D eigenvalue weighted by Gasteiger charge is -2.34. The van der Waals surface area contributed by atoms with E-state index in [0.29, 0.717) is 39.3 Å². The van der Waals surface area contributed by atoms with E-state index in [2.05, 4.69) is 0 Å². The average Bonchev–Trinajstić information content (AvgIpc) is 2.30. The molecule has 19 heavy (non-hydrogen) atoms. The van der Waals surface area contributed by atoms with Crippen LogP contribution in [0.4, 0.5) is 13.2 Å². The van der Waals surface area contributed by atoms with Crippen molar-refractivity contribution in [3.05, 3.63) is 12.2 Å². The number of hydrogen-bond acceptors (Lipinski definition) is 4. The normalized spacial score (nSPS) is 18.9. The summed E-state index contributed by atoms with van der Waals surface area (Å²) in [4.78, 5) is 14.4. The van der Waals surface area contributed by atoms with Gasteiger partial charge in [0.05, 0.1) is 13.2 Å². The summed E-state index contributed by atoms with van der Waals surface area (Å²) in [6, 6.07) is 0. The van der Waals surface area contributed by atoms with Gasteiger partial charge in [0.15, 0.2) is 0 Å². The number of halogens is 3. The summed E-state index contributed by atoms with van der Waals surface area (Å²) in [5.41, 5.74) is 0. The first-order valence-corrected chi connectivity index (χ1v) is 6.25. The van der Waals surface area contributed by atoms with E-state index in [1.54, 1.807) is 13.0 Å². The summed E-state index contributed by atoms with van der Waals surface area (Å²) in [6.07, 6.45) is -1.10. The third-order valence-electron chi connectivity index (χ3n) is 2.77. The van der Waals surface area contributed by atoms with Crippen molar-refractivity contribution < 1.29 is 22.7 Å². The number of carbonyl (C=O) groups excluding carboxylic acids is 1. The van der Waals surface area contributed by atoms with Crippen molar-refractivity contribution in [3.8, 4) is 0 Å². The number of hydrogen-bond donors (Lipinski definition) is 0. The van der Waals surface area contributed by atoms with Gasteiger partial charge in [0, 0.05) is 38.8 Å². The minimum Gasteiger partial charge on any atom is -0.463 e. The molecule has 1 aliphatic heterocycles. The zero-order chi connectivity index (χ0) is 14.3. The molecule has 110 valence electrons. The Labute approximate surface area is 110 Å². The molecular formula is C12H19F3N2O2. The first kappa shape index (κ1) is 16.0. The van der Waals surface area contributed by atoms with E-state index in [4.69, 9.17) is 4.74 Å². The Morgan fingerprint density at radius 1 is 1.21 bits per heavy atom. The smallest absolute Gasteiger partial charge is 0.401 e. The summed E-state index contributed by atoms with van der Waals surface area (Å²) in [5, 5.41) is 0. The van der Waals surface area contributed by atoms with Crippen LogP contribution in [0, 0.1) is 0 Å². The molecule has 0 amide bonds. The zero-order valence-corrected chi connectivity index (χ0v) is 10.9. The van der Waals surface area contributed by atoms with Crippen molar-refractivity contribution in [2.75, 3.05) is 45.9 Å². The van der Waals surface area contributed by atoms with Gasteiger partial charge in [-0.2, -0.15) is 13.2 Å². The van der Waals surface area contributed by atoms with E-state index in [1.807, 2.05) is 4.90 Å². The standard InChI is InChI=1S/C12H19F3N2O2/c1-2-19-11(18)4-3-5-16-6-8-17(9-7-16)10-12(13,14)15/h3-4H,2,5-10H2,1H3/b4-3+. The quantitative estimate of drug-likeness (QED) is 0.561. The Kier molecular flexibility index (Phi) is 6.30. The zero-order valence-electron chi connectivity index (χ0n) is 10.9. The van der Waals surface area contributed by atoms with E-state index in [-0.39, 0.29) is 0 Å². The van der Waals surface area contributed by atoms with Gasteiger partial charge in [-0.05, 0) is 6.92 Å². The molecule has 1 rings (SSSR count). The first-order valence-electron chi connectivity index (χ1n) is 6.25. The van der Waals surface area contributed by atoms with Gasteiger partial charge >= 0.3 is 12.1 Å². The third kappa shape index (κ3) is 7.17. The Hall–Kier alpha value is -1.08. The second-order valence-electron chi connectivity index (χ2n) is 4.35. The molecule has 0 aromatic heterocycles. The lowest BCUT2D eigenvalue weighted by atomic mass is 10.3. The maximum absolute atomic E-state index is 12.2. The topological polar surface area (TPSA) is 32.8 Å². The Bertz CT molecular complexity index is 311. The van der Waals surface area contributed by atoms with Gasteiger partial charge in [-0.15, -0.1) is 0 Å². The molecule has 0 aromatic rings. The molecule has 0 N–H and O–H groups in total. The summed E-state index contributed by atoms with van der Waals surface area (Å²) < 4.78 is 41.3. The molecule has 1 saturated heterocycles. The van der Waals surface area contributed by atoms with Crippen LogP contribution in [0.15, 0.2) is 12.2 Å². The molecule has 1 heterocycles. The highest BCUT2D eigenvalue weighted by atomic mass is 19.4. The van der Waals surface area contributed by atoms with Crippen LogP contribution >= 0.6 is 0 Å². The van der Waals surface area contributed by atoms with Crippen LogP contribution in [-0.4, -0.2) is 67.8 Å². The summed E-state index contributed by atoms with van der Waals surface area (Å²) in [7, 11) is 0. The van der Waals surface area contributed by atoms with Crippen molar-refractivity contribution in [2.24, 2.45) is 0 Å². The minimum absolute atomic E-state index is 0.333. The summed E-state index contributed by atoms with van der Waals surface area (Å²) in [6.45, 7) is 3.70. The maximum Gasteiger partial charge on any atom is 0.401 e. The first-order chi connectivity index (χ1) is 8.90. The fourth-order valence-corrected chi connectivity index (χ4v) is 1.87. The Balaban J connectivity index is 2.21. The summed E-state index contributed by atoms with van der Waals surface area (Å²) in [5.74, 6) is -0.391. The number of rotatable bonds is 5. The van der Waals surface area contributed by atoms with Crippen LogP contribution in [0.2, 0.25) is 0 Å². The van der Waals surface area contributed by atoms with E-state index in [0.717, 1.165) is 0 Å². The number of piperazine rings is 1. The molecule has 0 bridgehead atoms. The van der Waals surface area contributed by atoms with Gasteiger partial charge in [-0.3, -0.25) is 9.80 Å². The fraction of sp³-hybridized carbons (Fsp3) is 0.750. The lowest BCUT2D eigenvalue weighted by Crippen LogP contribution is -2.49. The molecule has 0 saturated carbocycles. The highest BCUT2D eigenvalue weighted by Crippen LogP contribution is 2.17. The van der Waals surface area contributed by atoms with Gasteiger partial charge in [0.1, 0.15) is 0 Å². The number of esters is 1. The van der Waals surface area contributed by atoms with Gasteiger partial charge in [0.2, 0.25) is 0 Å². The second-order valence-corrected chi connectivity index (χ2v) is 4.35. The van der Waals surface area contributed by atoms with Crippen LogP contribution in [0.3, 0.4) is 0 Å². The second kappa shape index (κ2) is 7.49. The van der Waals surface area contributed by atoms with E-state index in [9.17, 15) is 18.0 Å². The largest absolute Gasteiger partial charge is 0.463 e. The van der Waals surface area contributed by atoms with Crippen molar-refractivity contribution >= 4 is 5.97 Å². The van der Waals surface area contributed by atoms with Gasteiger partial charge in [-0.1, -0.05) is 6.08 Å². The molecule has 4 nitrogen and oxygen atoms in total. The predicted molar refractivity (Wildman–Crippen MR) is 64.7 cm³/mol. The van der Waals surface area contributed by atoms with Crippen molar-refractivity contribution in [3.63, 3.8) is 0 Å². The predicted octanol–water partition coefficient (Wildman–Crippen LogP) is 1.29. The number of nitrogens with zero attached hydrogens (tertiary/aromatic N) is 2. The summed E-state index contributed by atoms with van der Waals surface area (Å²) >= 11 is 0. The van der Waals surface area contributed by atoms with Crippen LogP contribution in [-0.2, 0) is 9.53 Å². The Morgan fingerprint density at radius 2 is 1.79 bits per heavy atom. The third-order valence-corrected chi connectivity index (χ3v) is 2.77. The van der Waals surface area contributed by atoms with Crippen molar-refractivity contribution in [2.45, 2.75) is 13.1 Å². The molecule has 0 radical (unpaired) electrons. The molecule has 0 aromatic carbocycles. The van der Waals surface area contributed by atoms with Crippen LogP contribution in [0.1, 0.15) is 6.92 Å². The molecule has 7 heteroatoms. The number of carbonyl (C=O) groups is 1. The number of ether oxygens (including phenoxy) is 1. The van der Waals surface area contributed by atoms with Crippen LogP contribution in [0.5, 0.6) is 0 Å². The molecule has 1 aliphatic rings. The SMILES string of the molecule is CCOC(=O)/C=C/CN1CCN(CC(F)(F)F)CC1. The number of alkyl halides is 3. The molecule has 0 unspecified atom stereocenters. The van der Waals surface area contributed by atoms with Crippen LogP contribution in [0.25, 0.3) is 0 Å². The molecule has 0 aliphatic carbocycles. The lowest BCUT2D eigenvalue weighted by molar-refractivity contribution is -0.149. The van der Waals surface area contributed by atoms with Gasteiger partial charge in [-0.25, -0.2) is 4.79 Å². The van der Waals surface area contributed by atoms with E-state index >= 15 is 0 Å². The van der Waals surface area contributed by atoms with Crippen molar-refractivity contribution in [1.29, 1.82) is 0 Å². The van der Waals surface area contributed by atoms with Gasteiger partial charge < -0.3 is 4.74 Å². The highest BCUT2D eigenvalue weighted by Gasteiger charge is 2.31. The maximum atomic E-state index is 12.2. The van der Waals surface area contributed by atoms with Crippen molar-refractivity contribution in [1.82, 2.24) is 9.80 Å². The van der Waals surface area contributed by atoms with Gasteiger partial charge in [0.25, 0.3) is 0 Å². The Morgan fingerprint density at radius 3 is 2.32 bits per heavy atom. The fourth-order valence-electron chi connectivity index (χ4n) is 1.87. The van der Waals surface area contributed by atoms with E-state index < -0.39 is 18.7 Å². The minimum atomic E-state index is -4.13. The van der Waals surface area contributed by atoms with E-state index in [1.165, 1.54) is 11.0 Å². The molecule has 0 spiro atoms. The molecular weight excluding hydrogens is 261 g/mol. The monoisotopic (exact) mass is 280 g/mol. The molecule has 1 fully saturated rings. The average molecular weight is 280 g/mol.